The summed E-state index contributed by atoms with van der Waals surface area (Å²) in [6, 6.07) is 4.38. The first-order valence-corrected chi connectivity index (χ1v) is 6.96. The highest BCUT2D eigenvalue weighted by molar-refractivity contribution is 7.12. The summed E-state index contributed by atoms with van der Waals surface area (Å²) in [4.78, 5) is 2.10. The van der Waals surface area contributed by atoms with E-state index < -0.39 is 17.7 Å². The maximum absolute atomic E-state index is 14.2. The summed E-state index contributed by atoms with van der Waals surface area (Å²) < 4.78 is 28.3. The lowest BCUT2D eigenvalue weighted by atomic mass is 9.99. The van der Waals surface area contributed by atoms with Crippen molar-refractivity contribution >= 4 is 11.3 Å². The number of benzene rings is 1. The normalized spacial score (nSPS) is 12.7. The quantitative estimate of drug-likeness (QED) is 0.886. The second kappa shape index (κ2) is 5.39. The molecular formula is C15H17F2NS. The maximum atomic E-state index is 14.2. The molecule has 0 saturated heterocycles. The highest BCUT2D eigenvalue weighted by atomic mass is 32.1. The Labute approximate surface area is 116 Å². The average Bonchev–Trinajstić information content (AvgIpc) is 2.69. The van der Waals surface area contributed by atoms with Crippen molar-refractivity contribution in [1.29, 1.82) is 0 Å². The third-order valence-corrected chi connectivity index (χ3v) is 4.46. The molecule has 0 saturated carbocycles. The zero-order valence-electron chi connectivity index (χ0n) is 11.5. The Morgan fingerprint density at radius 2 is 1.79 bits per heavy atom. The van der Waals surface area contributed by atoms with E-state index in [0.717, 1.165) is 15.3 Å². The molecule has 2 aromatic rings. The van der Waals surface area contributed by atoms with Gasteiger partial charge in [0, 0.05) is 15.3 Å². The molecule has 1 atom stereocenters. The van der Waals surface area contributed by atoms with Crippen molar-refractivity contribution in [2.75, 3.05) is 7.05 Å². The summed E-state index contributed by atoms with van der Waals surface area (Å²) in [6.45, 7) is 5.61. The summed E-state index contributed by atoms with van der Waals surface area (Å²) >= 11 is 1.57. The maximum Gasteiger partial charge on any atom is 0.134 e. The lowest BCUT2D eigenvalue weighted by Gasteiger charge is -2.19. The van der Waals surface area contributed by atoms with Gasteiger partial charge in [0.1, 0.15) is 11.6 Å². The third-order valence-electron chi connectivity index (χ3n) is 3.24. The summed E-state index contributed by atoms with van der Waals surface area (Å²) in [5, 5.41) is 3.03. The molecule has 0 radical (unpaired) electrons. The van der Waals surface area contributed by atoms with Gasteiger partial charge in [-0.3, -0.25) is 0 Å². The van der Waals surface area contributed by atoms with Gasteiger partial charge in [0.15, 0.2) is 0 Å². The summed E-state index contributed by atoms with van der Waals surface area (Å²) in [7, 11) is 1.72. The average molecular weight is 281 g/mol. The minimum Gasteiger partial charge on any atom is -0.308 e. The number of rotatable bonds is 3. The largest absolute Gasteiger partial charge is 0.308 e. The van der Waals surface area contributed by atoms with E-state index in [-0.39, 0.29) is 5.56 Å². The molecule has 0 aliphatic carbocycles. The number of nitrogens with one attached hydrogen (secondary N) is 1. The van der Waals surface area contributed by atoms with Gasteiger partial charge < -0.3 is 5.32 Å². The molecule has 1 heterocycles. The van der Waals surface area contributed by atoms with E-state index in [9.17, 15) is 8.78 Å². The fraction of sp³-hybridized carbons (Fsp3) is 0.333. The van der Waals surface area contributed by atoms with E-state index in [1.165, 1.54) is 12.1 Å². The molecule has 19 heavy (non-hydrogen) atoms. The molecule has 102 valence electrons. The van der Waals surface area contributed by atoms with E-state index in [4.69, 9.17) is 0 Å². The number of thiophene rings is 1. The molecule has 1 N–H and O–H groups in total. The molecule has 2 rings (SSSR count). The van der Waals surface area contributed by atoms with Crippen LogP contribution in [0.25, 0.3) is 0 Å². The molecular weight excluding hydrogens is 264 g/mol. The van der Waals surface area contributed by atoms with Gasteiger partial charge >= 0.3 is 0 Å². The van der Waals surface area contributed by atoms with Gasteiger partial charge in [0.05, 0.1) is 6.04 Å². The Balaban J connectivity index is 2.61. The molecule has 0 amide bonds. The molecule has 0 bridgehead atoms. The van der Waals surface area contributed by atoms with Gasteiger partial charge in [-0.15, -0.1) is 11.3 Å². The van der Waals surface area contributed by atoms with Gasteiger partial charge in [-0.25, -0.2) is 8.78 Å². The van der Waals surface area contributed by atoms with Crippen LogP contribution in [-0.2, 0) is 0 Å². The van der Waals surface area contributed by atoms with Crippen molar-refractivity contribution in [2.45, 2.75) is 26.8 Å². The Hall–Kier alpha value is -1.26. The number of hydrogen-bond donors (Lipinski definition) is 1. The Bertz CT molecular complexity index is 604. The molecule has 4 heteroatoms. The highest BCUT2D eigenvalue weighted by Crippen LogP contribution is 2.34. The Morgan fingerprint density at radius 1 is 1.11 bits per heavy atom. The zero-order valence-corrected chi connectivity index (χ0v) is 12.3. The Kier molecular flexibility index (Phi) is 4.02. The number of hydrogen-bond acceptors (Lipinski definition) is 2. The number of halogens is 2. The molecule has 0 aliphatic heterocycles. The highest BCUT2D eigenvalue weighted by Gasteiger charge is 2.24. The van der Waals surface area contributed by atoms with Crippen LogP contribution in [0.1, 0.15) is 32.5 Å². The first-order valence-electron chi connectivity index (χ1n) is 6.14. The minimum absolute atomic E-state index is 0.104. The Morgan fingerprint density at radius 3 is 2.32 bits per heavy atom. The molecule has 1 nitrogen and oxygen atoms in total. The molecule has 0 spiro atoms. The molecule has 1 unspecified atom stereocenters. The smallest absolute Gasteiger partial charge is 0.134 e. The van der Waals surface area contributed by atoms with Gasteiger partial charge in [0.2, 0.25) is 0 Å². The first-order chi connectivity index (χ1) is 8.95. The van der Waals surface area contributed by atoms with Crippen molar-refractivity contribution in [1.82, 2.24) is 5.32 Å². The van der Waals surface area contributed by atoms with Crippen molar-refractivity contribution in [3.8, 4) is 0 Å². The van der Waals surface area contributed by atoms with Crippen LogP contribution in [0.15, 0.2) is 18.2 Å². The first kappa shape index (κ1) is 14.2. The molecule has 1 aromatic carbocycles. The van der Waals surface area contributed by atoms with E-state index in [1.54, 1.807) is 25.3 Å². The van der Waals surface area contributed by atoms with Gasteiger partial charge in [-0.05, 0) is 51.1 Å². The predicted molar refractivity (Wildman–Crippen MR) is 75.8 cm³/mol. The van der Waals surface area contributed by atoms with Crippen LogP contribution in [0.2, 0.25) is 0 Å². The van der Waals surface area contributed by atoms with Crippen LogP contribution in [0.4, 0.5) is 8.78 Å². The minimum atomic E-state index is -0.507. The van der Waals surface area contributed by atoms with Crippen LogP contribution in [0.3, 0.4) is 0 Å². The predicted octanol–water partition coefficient (Wildman–Crippen LogP) is 4.26. The second-order valence-corrected chi connectivity index (χ2v) is 6.01. The second-order valence-electron chi connectivity index (χ2n) is 4.72. The van der Waals surface area contributed by atoms with E-state index in [2.05, 4.69) is 5.32 Å². The van der Waals surface area contributed by atoms with Crippen LogP contribution < -0.4 is 5.32 Å². The molecule has 1 aromatic heterocycles. The van der Waals surface area contributed by atoms with E-state index in [0.29, 0.717) is 5.56 Å². The zero-order chi connectivity index (χ0) is 14.2. The topological polar surface area (TPSA) is 12.0 Å². The van der Waals surface area contributed by atoms with E-state index in [1.807, 2.05) is 19.9 Å². The fourth-order valence-electron chi connectivity index (χ4n) is 2.30. The molecule has 0 aliphatic rings. The van der Waals surface area contributed by atoms with Crippen LogP contribution in [-0.4, -0.2) is 7.05 Å². The summed E-state index contributed by atoms with van der Waals surface area (Å²) in [5.41, 5.74) is 1.62. The number of aryl methyl sites for hydroxylation is 3. The third kappa shape index (κ3) is 2.55. The van der Waals surface area contributed by atoms with Crippen molar-refractivity contribution in [3.05, 3.63) is 56.3 Å². The van der Waals surface area contributed by atoms with Crippen LogP contribution in [0, 0.1) is 32.4 Å². The monoisotopic (exact) mass is 281 g/mol. The molecule has 0 fully saturated rings. The van der Waals surface area contributed by atoms with Crippen LogP contribution >= 0.6 is 11.3 Å². The standard InChI is InChI=1S/C15H17F2NS/c1-8-5-6-11(16)12(13(8)17)14(18-4)15-9(2)7-10(3)19-15/h5-7,14,18H,1-4H3. The fourth-order valence-corrected chi connectivity index (χ4v) is 3.45. The van der Waals surface area contributed by atoms with Crippen molar-refractivity contribution in [2.24, 2.45) is 0 Å². The van der Waals surface area contributed by atoms with Gasteiger partial charge in [-0.1, -0.05) is 6.07 Å². The van der Waals surface area contributed by atoms with Gasteiger partial charge in [-0.2, -0.15) is 0 Å². The summed E-state index contributed by atoms with van der Waals surface area (Å²) in [6.07, 6.45) is 0. The van der Waals surface area contributed by atoms with Crippen molar-refractivity contribution in [3.63, 3.8) is 0 Å². The SMILES string of the molecule is CNC(c1sc(C)cc1C)c1c(F)ccc(C)c1F. The van der Waals surface area contributed by atoms with Gasteiger partial charge in [0.25, 0.3) is 0 Å². The lowest BCUT2D eigenvalue weighted by molar-refractivity contribution is 0.519. The van der Waals surface area contributed by atoms with Crippen LogP contribution in [0.5, 0.6) is 0 Å². The lowest BCUT2D eigenvalue weighted by Crippen LogP contribution is -2.20. The van der Waals surface area contributed by atoms with Crippen molar-refractivity contribution < 1.29 is 8.78 Å². The summed E-state index contributed by atoms with van der Waals surface area (Å²) in [5.74, 6) is -0.974. The van der Waals surface area contributed by atoms with E-state index >= 15 is 0 Å².